The molecular weight excluding hydrogens is 196 g/mol. The van der Waals surface area contributed by atoms with Gasteiger partial charge < -0.3 is 0 Å². The second kappa shape index (κ2) is 3.80. The fourth-order valence-corrected chi connectivity index (χ4v) is 1.02. The molecule has 0 N–H and O–H groups in total. The molecule has 0 aliphatic rings. The molecule has 13 heavy (non-hydrogen) atoms. The molecular formula is C7H3ClN2O3. The van der Waals surface area contributed by atoms with Crippen molar-refractivity contribution in [2.45, 2.75) is 0 Å². The Bertz CT molecular complexity index is 378. The van der Waals surface area contributed by atoms with Crippen LogP contribution in [0.15, 0.2) is 23.2 Å². The molecule has 6 heteroatoms. The third-order valence-corrected chi connectivity index (χ3v) is 1.71. The Morgan fingerprint density at radius 2 is 2.23 bits per heavy atom. The van der Waals surface area contributed by atoms with Crippen LogP contribution in [0.5, 0.6) is 0 Å². The Kier molecular flexibility index (Phi) is 2.74. The van der Waals surface area contributed by atoms with E-state index in [1.54, 1.807) is 0 Å². The van der Waals surface area contributed by atoms with Crippen LogP contribution in [-0.4, -0.2) is 11.0 Å². The van der Waals surface area contributed by atoms with Crippen LogP contribution in [0.2, 0.25) is 5.02 Å². The number of nitro groups is 1. The van der Waals surface area contributed by atoms with Crippen LogP contribution in [-0.2, 0) is 4.79 Å². The van der Waals surface area contributed by atoms with Crippen LogP contribution in [0.4, 0.5) is 11.4 Å². The Morgan fingerprint density at radius 3 is 2.77 bits per heavy atom. The lowest BCUT2D eigenvalue weighted by atomic mass is 10.3. The molecule has 5 nitrogen and oxygen atoms in total. The maximum Gasteiger partial charge on any atom is 0.290 e. The van der Waals surface area contributed by atoms with Gasteiger partial charge in [-0.05, 0) is 6.07 Å². The van der Waals surface area contributed by atoms with Gasteiger partial charge in [0.15, 0.2) is 0 Å². The number of hydrogen-bond acceptors (Lipinski definition) is 4. The van der Waals surface area contributed by atoms with Gasteiger partial charge >= 0.3 is 0 Å². The molecule has 0 aliphatic heterocycles. The fourth-order valence-electron chi connectivity index (χ4n) is 0.784. The van der Waals surface area contributed by atoms with Gasteiger partial charge in [-0.15, -0.1) is 0 Å². The summed E-state index contributed by atoms with van der Waals surface area (Å²) in [6, 6.07) is 4.01. The molecule has 0 amide bonds. The minimum absolute atomic E-state index is 0.0471. The maximum absolute atomic E-state index is 10.4. The Morgan fingerprint density at radius 1 is 1.54 bits per heavy atom. The van der Waals surface area contributed by atoms with E-state index in [-0.39, 0.29) is 16.4 Å². The quantitative estimate of drug-likeness (QED) is 0.317. The molecule has 0 heterocycles. The lowest BCUT2D eigenvalue weighted by Crippen LogP contribution is -1.88. The topological polar surface area (TPSA) is 72.6 Å². The number of hydrogen-bond donors (Lipinski definition) is 0. The summed E-state index contributed by atoms with van der Waals surface area (Å²) in [5.41, 5.74) is -0.232. The van der Waals surface area contributed by atoms with E-state index in [1.807, 2.05) is 0 Å². The number of rotatable bonds is 2. The van der Waals surface area contributed by atoms with Crippen LogP contribution in [0.3, 0.4) is 0 Å². The van der Waals surface area contributed by atoms with Crippen molar-refractivity contribution >= 4 is 29.1 Å². The maximum atomic E-state index is 10.4. The minimum Gasteiger partial charge on any atom is -0.258 e. The molecule has 0 fully saturated rings. The predicted molar refractivity (Wildman–Crippen MR) is 45.9 cm³/mol. The van der Waals surface area contributed by atoms with Crippen LogP contribution in [0.1, 0.15) is 0 Å². The third-order valence-electron chi connectivity index (χ3n) is 1.32. The first kappa shape index (κ1) is 9.38. The van der Waals surface area contributed by atoms with Gasteiger partial charge in [0.05, 0.1) is 4.92 Å². The van der Waals surface area contributed by atoms with Gasteiger partial charge in [-0.1, -0.05) is 17.7 Å². The summed E-state index contributed by atoms with van der Waals surface area (Å²) >= 11 is 5.57. The van der Waals surface area contributed by atoms with Crippen LogP contribution in [0, 0.1) is 10.1 Å². The average molecular weight is 199 g/mol. The van der Waals surface area contributed by atoms with Crippen LogP contribution >= 0.6 is 11.6 Å². The number of carbonyl (C=O) groups excluding carboxylic acids is 1. The fraction of sp³-hybridized carbons (Fsp3) is 0. The molecule has 0 aromatic heterocycles. The summed E-state index contributed by atoms with van der Waals surface area (Å²) in [6.45, 7) is 0. The minimum atomic E-state index is -0.647. The standard InChI is InChI=1S/C7H3ClN2O3/c8-7-5(9-4-11)2-1-3-6(7)10(12)13/h1-3H. The van der Waals surface area contributed by atoms with E-state index < -0.39 is 4.92 Å². The molecule has 0 saturated heterocycles. The number of benzene rings is 1. The van der Waals surface area contributed by atoms with E-state index in [1.165, 1.54) is 24.3 Å². The van der Waals surface area contributed by atoms with Gasteiger partial charge in [0, 0.05) is 6.07 Å². The molecule has 0 bridgehead atoms. The second-order valence-corrected chi connectivity index (χ2v) is 2.45. The van der Waals surface area contributed by atoms with Crippen molar-refractivity contribution in [3.05, 3.63) is 33.3 Å². The first-order valence-corrected chi connectivity index (χ1v) is 3.55. The third kappa shape index (κ3) is 1.90. The normalized spacial score (nSPS) is 9.00. The van der Waals surface area contributed by atoms with Gasteiger partial charge in [0.25, 0.3) is 5.69 Å². The van der Waals surface area contributed by atoms with Crippen molar-refractivity contribution in [1.82, 2.24) is 0 Å². The largest absolute Gasteiger partial charge is 0.290 e. The molecule has 0 atom stereocenters. The van der Waals surface area contributed by atoms with Crippen molar-refractivity contribution < 1.29 is 9.72 Å². The summed E-state index contributed by atoms with van der Waals surface area (Å²) in [7, 11) is 0. The Labute approximate surface area is 77.8 Å². The predicted octanol–water partition coefficient (Wildman–Crippen LogP) is 2.22. The molecule has 0 radical (unpaired) electrons. The summed E-state index contributed by atoms with van der Waals surface area (Å²) in [5.74, 6) is 0. The smallest absolute Gasteiger partial charge is 0.258 e. The summed E-state index contributed by atoms with van der Waals surface area (Å²) in [6.07, 6.45) is 1.26. The molecule has 66 valence electrons. The van der Waals surface area contributed by atoms with Gasteiger partial charge in [-0.25, -0.2) is 4.79 Å². The van der Waals surface area contributed by atoms with Gasteiger partial charge in [0.1, 0.15) is 10.7 Å². The highest BCUT2D eigenvalue weighted by Gasteiger charge is 2.14. The molecule has 0 spiro atoms. The van der Waals surface area contributed by atoms with Gasteiger partial charge in [-0.2, -0.15) is 4.99 Å². The number of isocyanates is 1. The Hall–Kier alpha value is -1.71. The summed E-state index contributed by atoms with van der Waals surface area (Å²) < 4.78 is 0. The highest BCUT2D eigenvalue weighted by atomic mass is 35.5. The first-order valence-electron chi connectivity index (χ1n) is 3.17. The van der Waals surface area contributed by atoms with Crippen molar-refractivity contribution in [2.75, 3.05) is 0 Å². The lowest BCUT2D eigenvalue weighted by molar-refractivity contribution is -0.384. The van der Waals surface area contributed by atoms with Crippen molar-refractivity contribution in [3.63, 3.8) is 0 Å². The number of aliphatic imine (C=N–C) groups is 1. The van der Waals surface area contributed by atoms with E-state index in [9.17, 15) is 14.9 Å². The van der Waals surface area contributed by atoms with E-state index in [4.69, 9.17) is 11.6 Å². The first-order chi connectivity index (χ1) is 6.16. The molecule has 0 aliphatic carbocycles. The lowest BCUT2D eigenvalue weighted by Gasteiger charge is -1.95. The van der Waals surface area contributed by atoms with Crippen molar-refractivity contribution in [2.24, 2.45) is 4.99 Å². The zero-order chi connectivity index (χ0) is 9.84. The zero-order valence-electron chi connectivity index (χ0n) is 6.23. The van der Waals surface area contributed by atoms with Crippen molar-refractivity contribution in [1.29, 1.82) is 0 Å². The molecule has 0 unspecified atom stereocenters. The number of nitrogens with zero attached hydrogens (tertiary/aromatic N) is 2. The van der Waals surface area contributed by atoms with E-state index in [0.717, 1.165) is 0 Å². The Balaban J connectivity index is 3.34. The highest BCUT2D eigenvalue weighted by Crippen LogP contribution is 2.32. The van der Waals surface area contributed by atoms with E-state index in [0.29, 0.717) is 0 Å². The molecule has 1 aromatic rings. The monoisotopic (exact) mass is 198 g/mol. The SMILES string of the molecule is O=C=Nc1cccc([N+](=O)[O-])c1Cl. The van der Waals surface area contributed by atoms with E-state index >= 15 is 0 Å². The molecule has 1 rings (SSSR count). The number of halogens is 1. The van der Waals surface area contributed by atoms with Crippen LogP contribution < -0.4 is 0 Å². The summed E-state index contributed by atoms with van der Waals surface area (Å²) in [5, 5.41) is 10.2. The highest BCUT2D eigenvalue weighted by molar-refractivity contribution is 6.35. The van der Waals surface area contributed by atoms with E-state index in [2.05, 4.69) is 4.99 Å². The average Bonchev–Trinajstić information content (AvgIpc) is 2.08. The second-order valence-electron chi connectivity index (χ2n) is 2.07. The van der Waals surface area contributed by atoms with Crippen molar-refractivity contribution in [3.8, 4) is 0 Å². The molecule has 0 saturated carbocycles. The van der Waals surface area contributed by atoms with Gasteiger partial charge in [0.2, 0.25) is 6.08 Å². The molecule has 1 aromatic carbocycles. The van der Waals surface area contributed by atoms with Gasteiger partial charge in [-0.3, -0.25) is 10.1 Å². The number of nitro benzene ring substituents is 1. The van der Waals surface area contributed by atoms with Crippen LogP contribution in [0.25, 0.3) is 0 Å². The summed E-state index contributed by atoms with van der Waals surface area (Å²) in [4.78, 5) is 22.8. The zero-order valence-corrected chi connectivity index (χ0v) is 6.99.